The van der Waals surface area contributed by atoms with Crippen LogP contribution in [0.15, 0.2) is 60.7 Å². The fraction of sp³-hybridized carbons (Fsp3) is 0.235. The second-order valence-corrected chi connectivity index (χ2v) is 6.12. The predicted octanol–water partition coefficient (Wildman–Crippen LogP) is 3.07. The summed E-state index contributed by atoms with van der Waals surface area (Å²) >= 11 is -3.59. The first kappa shape index (κ1) is 19.2. The van der Waals surface area contributed by atoms with Gasteiger partial charge in [0.05, 0.1) is 12.2 Å². The molecule has 5 nitrogen and oxygen atoms in total. The van der Waals surface area contributed by atoms with E-state index in [4.69, 9.17) is 9.47 Å². The standard InChI is InChI=1S/C17H16F2O5S/c18-17(19,25(21)22)12-23-11-15(13-7-3-1-4-8-13)24-16(20)14-9-5-2-6-10-14/h1-10,15H,11-12H2,(H,21,22)/p-1. The summed E-state index contributed by atoms with van der Waals surface area (Å²) in [5.74, 6) is -0.641. The molecule has 0 radical (unpaired) electrons. The normalized spacial score (nSPS) is 13.9. The summed E-state index contributed by atoms with van der Waals surface area (Å²) < 4.78 is 57.1. The Hall–Kier alpha value is -2.16. The van der Waals surface area contributed by atoms with Gasteiger partial charge in [-0.2, -0.15) is 8.78 Å². The molecule has 0 aliphatic rings. The summed E-state index contributed by atoms with van der Waals surface area (Å²) in [5.41, 5.74) is 0.841. The van der Waals surface area contributed by atoms with Crippen molar-refractivity contribution in [2.75, 3.05) is 13.2 Å². The van der Waals surface area contributed by atoms with E-state index in [1.807, 2.05) is 0 Å². The highest BCUT2D eigenvalue weighted by molar-refractivity contribution is 7.80. The lowest BCUT2D eigenvalue weighted by Crippen LogP contribution is -2.30. The molecule has 2 unspecified atom stereocenters. The molecule has 2 aromatic carbocycles. The van der Waals surface area contributed by atoms with Gasteiger partial charge < -0.3 is 14.0 Å². The zero-order valence-corrected chi connectivity index (χ0v) is 13.8. The Kier molecular flexibility index (Phi) is 6.74. The number of carbonyl (C=O) groups excluding carboxylic acids is 1. The number of halogens is 2. The van der Waals surface area contributed by atoms with E-state index in [1.54, 1.807) is 60.7 Å². The fourth-order valence-corrected chi connectivity index (χ4v) is 2.15. The third kappa shape index (κ3) is 5.70. The molecule has 0 amide bonds. The molecule has 0 bridgehead atoms. The van der Waals surface area contributed by atoms with Crippen LogP contribution in [-0.2, 0) is 20.6 Å². The molecule has 0 N–H and O–H groups in total. The molecule has 0 fully saturated rings. The Morgan fingerprint density at radius 3 is 2.20 bits per heavy atom. The van der Waals surface area contributed by atoms with Crippen LogP contribution in [0.1, 0.15) is 22.0 Å². The topological polar surface area (TPSA) is 75.7 Å². The van der Waals surface area contributed by atoms with Crippen molar-refractivity contribution in [2.45, 2.75) is 11.4 Å². The van der Waals surface area contributed by atoms with E-state index in [0.717, 1.165) is 0 Å². The highest BCUT2D eigenvalue weighted by Crippen LogP contribution is 2.22. The summed E-state index contributed by atoms with van der Waals surface area (Å²) in [4.78, 5) is 12.2. The molecule has 0 aliphatic carbocycles. The Balaban J connectivity index is 2.06. The maximum Gasteiger partial charge on any atom is 0.338 e. The Morgan fingerprint density at radius 2 is 1.64 bits per heavy atom. The first-order chi connectivity index (χ1) is 11.9. The van der Waals surface area contributed by atoms with E-state index in [1.165, 1.54) is 0 Å². The van der Waals surface area contributed by atoms with Crippen LogP contribution in [-0.4, -0.2) is 33.2 Å². The smallest absolute Gasteiger partial charge is 0.338 e. The van der Waals surface area contributed by atoms with Crippen LogP contribution >= 0.6 is 0 Å². The van der Waals surface area contributed by atoms with Crippen molar-refractivity contribution in [2.24, 2.45) is 0 Å². The SMILES string of the molecule is O=C(OC(COCC(F)(F)S(=O)[O-])c1ccccc1)c1ccccc1. The average Bonchev–Trinajstić information content (AvgIpc) is 2.62. The second-order valence-electron chi connectivity index (χ2n) is 5.06. The van der Waals surface area contributed by atoms with Crippen molar-refractivity contribution in [3.8, 4) is 0 Å². The van der Waals surface area contributed by atoms with Crippen molar-refractivity contribution in [3.05, 3.63) is 71.8 Å². The molecule has 0 aliphatic heterocycles. The maximum absolute atomic E-state index is 13.1. The van der Waals surface area contributed by atoms with E-state index in [-0.39, 0.29) is 0 Å². The zero-order chi connectivity index (χ0) is 18.3. The molecule has 8 heteroatoms. The highest BCUT2D eigenvalue weighted by atomic mass is 32.2. The van der Waals surface area contributed by atoms with Crippen molar-refractivity contribution in [1.82, 2.24) is 0 Å². The first-order valence-electron chi connectivity index (χ1n) is 7.26. The molecule has 0 saturated carbocycles. The van der Waals surface area contributed by atoms with Gasteiger partial charge >= 0.3 is 11.2 Å². The Labute approximate surface area is 145 Å². The third-order valence-corrected chi connectivity index (χ3v) is 3.82. The van der Waals surface area contributed by atoms with E-state index in [0.29, 0.717) is 11.1 Å². The van der Waals surface area contributed by atoms with Crippen LogP contribution in [0.5, 0.6) is 0 Å². The van der Waals surface area contributed by atoms with Crippen molar-refractivity contribution >= 4 is 17.0 Å². The van der Waals surface area contributed by atoms with Gasteiger partial charge in [-0.3, -0.25) is 4.21 Å². The summed E-state index contributed by atoms with van der Waals surface area (Å²) in [7, 11) is 0. The van der Waals surface area contributed by atoms with E-state index < -0.39 is 41.6 Å². The number of alkyl halides is 2. The number of hydrogen-bond acceptors (Lipinski definition) is 5. The number of benzene rings is 2. The lowest BCUT2D eigenvalue weighted by molar-refractivity contribution is -0.0510. The largest absolute Gasteiger partial charge is 0.768 e. The Morgan fingerprint density at radius 1 is 1.08 bits per heavy atom. The molecular weight excluding hydrogens is 354 g/mol. The summed E-state index contributed by atoms with van der Waals surface area (Å²) in [6.07, 6.45) is -0.954. The van der Waals surface area contributed by atoms with Crippen molar-refractivity contribution in [1.29, 1.82) is 0 Å². The molecule has 2 atom stereocenters. The number of rotatable bonds is 8. The molecule has 2 aromatic rings. The minimum atomic E-state index is -4.01. The molecule has 134 valence electrons. The lowest BCUT2D eigenvalue weighted by atomic mass is 10.1. The predicted molar refractivity (Wildman–Crippen MR) is 85.7 cm³/mol. The van der Waals surface area contributed by atoms with E-state index >= 15 is 0 Å². The van der Waals surface area contributed by atoms with Gasteiger partial charge in [0, 0.05) is 11.1 Å². The minimum Gasteiger partial charge on any atom is -0.768 e. The molecular formula is C17H15F2O5S-. The number of ether oxygens (including phenoxy) is 2. The molecule has 0 saturated heterocycles. The number of carbonyl (C=O) groups is 1. The number of hydrogen-bond donors (Lipinski definition) is 0. The zero-order valence-electron chi connectivity index (χ0n) is 13.0. The summed E-state index contributed by atoms with van der Waals surface area (Å²) in [6, 6.07) is 16.6. The first-order valence-corrected chi connectivity index (χ1v) is 8.33. The second kappa shape index (κ2) is 8.80. The van der Waals surface area contributed by atoms with Gasteiger partial charge in [0.2, 0.25) is 0 Å². The maximum atomic E-state index is 13.1. The Bertz CT molecular complexity index is 709. The van der Waals surface area contributed by atoms with Crippen LogP contribution in [0.4, 0.5) is 8.78 Å². The molecule has 0 heterocycles. The van der Waals surface area contributed by atoms with Crippen LogP contribution in [0, 0.1) is 0 Å². The van der Waals surface area contributed by atoms with E-state index in [2.05, 4.69) is 0 Å². The highest BCUT2D eigenvalue weighted by Gasteiger charge is 2.31. The van der Waals surface area contributed by atoms with Crippen LogP contribution in [0.25, 0.3) is 0 Å². The van der Waals surface area contributed by atoms with Crippen LogP contribution < -0.4 is 0 Å². The van der Waals surface area contributed by atoms with Crippen LogP contribution in [0.2, 0.25) is 0 Å². The van der Waals surface area contributed by atoms with Gasteiger partial charge in [0.15, 0.2) is 6.10 Å². The lowest BCUT2D eigenvalue weighted by Gasteiger charge is -2.22. The molecule has 2 rings (SSSR count). The van der Waals surface area contributed by atoms with Gasteiger partial charge in [-0.25, -0.2) is 4.79 Å². The van der Waals surface area contributed by atoms with Crippen LogP contribution in [0.3, 0.4) is 0 Å². The quantitative estimate of drug-likeness (QED) is 0.528. The monoisotopic (exact) mass is 369 g/mol. The van der Waals surface area contributed by atoms with Gasteiger partial charge in [-0.15, -0.1) is 0 Å². The van der Waals surface area contributed by atoms with Crippen molar-refractivity contribution < 1.29 is 31.8 Å². The van der Waals surface area contributed by atoms with Gasteiger partial charge in [0.1, 0.15) is 6.61 Å². The average molecular weight is 369 g/mol. The summed E-state index contributed by atoms with van der Waals surface area (Å²) in [5, 5.41) is -4.01. The molecule has 25 heavy (non-hydrogen) atoms. The van der Waals surface area contributed by atoms with Crippen molar-refractivity contribution in [3.63, 3.8) is 0 Å². The van der Waals surface area contributed by atoms with Gasteiger partial charge in [-0.1, -0.05) is 48.5 Å². The van der Waals surface area contributed by atoms with E-state index in [9.17, 15) is 22.3 Å². The van der Waals surface area contributed by atoms with Gasteiger partial charge in [-0.05, 0) is 17.7 Å². The minimum absolute atomic E-state index is 0.300. The molecule has 0 spiro atoms. The third-order valence-electron chi connectivity index (χ3n) is 3.21. The molecule has 0 aromatic heterocycles. The van der Waals surface area contributed by atoms with Gasteiger partial charge in [0.25, 0.3) is 0 Å². The summed E-state index contributed by atoms with van der Waals surface area (Å²) in [6.45, 7) is -1.73. The fourth-order valence-electron chi connectivity index (χ4n) is 1.97. The number of esters is 1.